The van der Waals surface area contributed by atoms with Gasteiger partial charge in [-0.25, -0.2) is 4.98 Å². The van der Waals surface area contributed by atoms with E-state index < -0.39 is 24.8 Å². The van der Waals surface area contributed by atoms with Crippen LogP contribution in [0.3, 0.4) is 0 Å². The Bertz CT molecular complexity index is 500. The van der Waals surface area contributed by atoms with E-state index in [0.29, 0.717) is 25.9 Å². The number of piperidine rings is 1. The third kappa shape index (κ3) is 4.32. The van der Waals surface area contributed by atoms with Crippen LogP contribution < -0.4 is 4.74 Å². The molecule has 1 amide bonds. The van der Waals surface area contributed by atoms with Gasteiger partial charge in [0.15, 0.2) is 18.1 Å². The fourth-order valence-electron chi connectivity index (χ4n) is 2.05. The van der Waals surface area contributed by atoms with Gasteiger partial charge in [-0.1, -0.05) is 0 Å². The normalized spacial score (nSPS) is 16.9. The first-order chi connectivity index (χ1) is 9.87. The molecular formula is C13H15F3N2O3. The first kappa shape index (κ1) is 15.6. The Kier molecular flexibility index (Phi) is 4.66. The predicted octanol–water partition coefficient (Wildman–Crippen LogP) is 1.62. The van der Waals surface area contributed by atoms with Gasteiger partial charge >= 0.3 is 6.18 Å². The van der Waals surface area contributed by atoms with Gasteiger partial charge in [0.05, 0.1) is 6.10 Å². The molecule has 0 bridgehead atoms. The lowest BCUT2D eigenvalue weighted by atomic mass is 10.1. The molecule has 116 valence electrons. The van der Waals surface area contributed by atoms with E-state index in [1.165, 1.54) is 23.2 Å². The molecule has 5 nitrogen and oxygen atoms in total. The number of amides is 1. The first-order valence-electron chi connectivity index (χ1n) is 6.49. The molecule has 1 N–H and O–H groups in total. The average Bonchev–Trinajstić information content (AvgIpc) is 2.45. The van der Waals surface area contributed by atoms with Gasteiger partial charge in [0, 0.05) is 19.3 Å². The average molecular weight is 304 g/mol. The van der Waals surface area contributed by atoms with Crippen LogP contribution in [0.2, 0.25) is 0 Å². The summed E-state index contributed by atoms with van der Waals surface area (Å²) in [4.78, 5) is 17.6. The molecule has 2 heterocycles. The number of carbonyl (C=O) groups excluding carboxylic acids is 1. The van der Waals surface area contributed by atoms with Gasteiger partial charge in [0.2, 0.25) is 0 Å². The Morgan fingerprint density at radius 2 is 2.10 bits per heavy atom. The summed E-state index contributed by atoms with van der Waals surface area (Å²) < 4.78 is 41.3. The number of aromatic nitrogens is 1. The van der Waals surface area contributed by atoms with E-state index in [1.54, 1.807) is 0 Å². The zero-order valence-electron chi connectivity index (χ0n) is 11.1. The number of rotatable bonds is 3. The molecule has 2 rings (SSSR count). The van der Waals surface area contributed by atoms with Crippen molar-refractivity contribution in [3.8, 4) is 5.75 Å². The molecule has 0 radical (unpaired) electrons. The van der Waals surface area contributed by atoms with Gasteiger partial charge < -0.3 is 14.7 Å². The lowest BCUT2D eigenvalue weighted by molar-refractivity contribution is -0.153. The van der Waals surface area contributed by atoms with E-state index in [-0.39, 0.29) is 11.4 Å². The summed E-state index contributed by atoms with van der Waals surface area (Å²) >= 11 is 0. The monoisotopic (exact) mass is 304 g/mol. The van der Waals surface area contributed by atoms with Crippen molar-refractivity contribution >= 4 is 5.91 Å². The smallest absolute Gasteiger partial charge is 0.422 e. The standard InChI is InChI=1S/C13H15F3N2O3/c14-13(15,16)8-21-10-2-1-5-17-11(10)12(20)18-6-3-9(19)4-7-18/h1-2,5,9,19H,3-4,6-8H2. The second kappa shape index (κ2) is 6.30. The summed E-state index contributed by atoms with van der Waals surface area (Å²) in [7, 11) is 0. The molecule has 8 heteroatoms. The number of aliphatic hydroxyl groups excluding tert-OH is 1. The van der Waals surface area contributed by atoms with Crippen molar-refractivity contribution in [3.05, 3.63) is 24.0 Å². The lowest BCUT2D eigenvalue weighted by Crippen LogP contribution is -2.40. The van der Waals surface area contributed by atoms with Crippen LogP contribution in [-0.4, -0.2) is 52.9 Å². The minimum absolute atomic E-state index is 0.141. The highest BCUT2D eigenvalue weighted by Gasteiger charge is 2.30. The summed E-state index contributed by atoms with van der Waals surface area (Å²) in [5.41, 5.74) is -0.141. The second-order valence-electron chi connectivity index (χ2n) is 4.78. The fraction of sp³-hybridized carbons (Fsp3) is 0.538. The Hall–Kier alpha value is -1.83. The lowest BCUT2D eigenvalue weighted by Gasteiger charge is -2.29. The van der Waals surface area contributed by atoms with Crippen LogP contribution in [-0.2, 0) is 0 Å². The molecule has 0 aromatic carbocycles. The fourth-order valence-corrected chi connectivity index (χ4v) is 2.05. The van der Waals surface area contributed by atoms with Crippen LogP contribution in [0.5, 0.6) is 5.75 Å². The first-order valence-corrected chi connectivity index (χ1v) is 6.49. The van der Waals surface area contributed by atoms with Gasteiger partial charge in [0.25, 0.3) is 5.91 Å². The highest BCUT2D eigenvalue weighted by atomic mass is 19.4. The molecule has 0 saturated carbocycles. The van der Waals surface area contributed by atoms with E-state index >= 15 is 0 Å². The summed E-state index contributed by atoms with van der Waals surface area (Å²) in [5, 5.41) is 9.40. The van der Waals surface area contributed by atoms with Gasteiger partial charge in [-0.15, -0.1) is 0 Å². The third-order valence-corrected chi connectivity index (χ3v) is 3.12. The molecule has 21 heavy (non-hydrogen) atoms. The highest BCUT2D eigenvalue weighted by Crippen LogP contribution is 2.23. The van der Waals surface area contributed by atoms with Gasteiger partial charge in [0.1, 0.15) is 0 Å². The number of pyridine rings is 1. The predicted molar refractivity (Wildman–Crippen MR) is 66.9 cm³/mol. The SMILES string of the molecule is O=C(c1ncccc1OCC(F)(F)F)N1CCC(O)CC1. The number of nitrogens with zero attached hydrogens (tertiary/aromatic N) is 2. The molecule has 1 aliphatic heterocycles. The minimum atomic E-state index is -4.48. The molecule has 1 aromatic rings. The Labute approximate surface area is 119 Å². The number of hydrogen-bond acceptors (Lipinski definition) is 4. The van der Waals surface area contributed by atoms with Crippen LogP contribution in [0.15, 0.2) is 18.3 Å². The highest BCUT2D eigenvalue weighted by molar-refractivity contribution is 5.95. The van der Waals surface area contributed by atoms with E-state index in [0.717, 1.165) is 0 Å². The van der Waals surface area contributed by atoms with E-state index in [1.807, 2.05) is 0 Å². The van der Waals surface area contributed by atoms with Crippen molar-refractivity contribution in [2.45, 2.75) is 25.1 Å². The van der Waals surface area contributed by atoms with Crippen LogP contribution >= 0.6 is 0 Å². The van der Waals surface area contributed by atoms with E-state index in [4.69, 9.17) is 0 Å². The number of carbonyl (C=O) groups is 1. The van der Waals surface area contributed by atoms with Gasteiger partial charge in [-0.3, -0.25) is 4.79 Å². The molecule has 0 spiro atoms. The largest absolute Gasteiger partial charge is 0.482 e. The van der Waals surface area contributed by atoms with E-state index in [9.17, 15) is 23.1 Å². The molecule has 0 aliphatic carbocycles. The summed E-state index contributed by atoms with van der Waals surface area (Å²) in [6.45, 7) is -0.789. The van der Waals surface area contributed by atoms with Crippen molar-refractivity contribution in [1.29, 1.82) is 0 Å². The molecule has 1 aromatic heterocycles. The van der Waals surface area contributed by atoms with Crippen LogP contribution in [0.4, 0.5) is 13.2 Å². The minimum Gasteiger partial charge on any atom is -0.482 e. The number of halogens is 3. The van der Waals surface area contributed by atoms with Crippen molar-refractivity contribution in [3.63, 3.8) is 0 Å². The number of ether oxygens (including phenoxy) is 1. The maximum atomic E-state index is 12.3. The molecule has 0 unspecified atom stereocenters. The Morgan fingerprint density at radius 1 is 1.43 bits per heavy atom. The van der Waals surface area contributed by atoms with E-state index in [2.05, 4.69) is 9.72 Å². The quantitative estimate of drug-likeness (QED) is 0.922. The maximum Gasteiger partial charge on any atom is 0.422 e. The topological polar surface area (TPSA) is 62.7 Å². The molecular weight excluding hydrogens is 289 g/mol. The summed E-state index contributed by atoms with van der Waals surface area (Å²) in [6.07, 6.45) is -2.72. The van der Waals surface area contributed by atoms with Crippen LogP contribution in [0, 0.1) is 0 Å². The van der Waals surface area contributed by atoms with Crippen molar-refractivity contribution in [2.24, 2.45) is 0 Å². The summed E-state index contributed by atoms with van der Waals surface area (Å²) in [5.74, 6) is -0.675. The van der Waals surface area contributed by atoms with Gasteiger partial charge in [-0.05, 0) is 25.0 Å². The third-order valence-electron chi connectivity index (χ3n) is 3.12. The number of likely N-dealkylation sites (tertiary alicyclic amines) is 1. The Morgan fingerprint density at radius 3 is 2.71 bits per heavy atom. The molecule has 1 fully saturated rings. The van der Waals surface area contributed by atoms with Crippen molar-refractivity contribution in [2.75, 3.05) is 19.7 Å². The zero-order valence-corrected chi connectivity index (χ0v) is 11.1. The molecule has 1 saturated heterocycles. The number of aliphatic hydroxyl groups is 1. The second-order valence-corrected chi connectivity index (χ2v) is 4.78. The number of alkyl halides is 3. The van der Waals surface area contributed by atoms with Crippen LogP contribution in [0.1, 0.15) is 23.3 Å². The van der Waals surface area contributed by atoms with Crippen LogP contribution in [0.25, 0.3) is 0 Å². The Balaban J connectivity index is 2.10. The zero-order chi connectivity index (χ0) is 15.5. The van der Waals surface area contributed by atoms with Gasteiger partial charge in [-0.2, -0.15) is 13.2 Å². The molecule has 0 atom stereocenters. The summed E-state index contributed by atoms with van der Waals surface area (Å²) in [6, 6.07) is 2.69. The van der Waals surface area contributed by atoms with Crippen molar-refractivity contribution in [1.82, 2.24) is 9.88 Å². The molecule has 1 aliphatic rings. The van der Waals surface area contributed by atoms with Crippen molar-refractivity contribution < 1.29 is 27.8 Å². The maximum absolute atomic E-state index is 12.3. The number of hydrogen-bond donors (Lipinski definition) is 1.